The van der Waals surface area contributed by atoms with Crippen LogP contribution >= 0.6 is 0 Å². The van der Waals surface area contributed by atoms with E-state index in [9.17, 15) is 19.8 Å². The summed E-state index contributed by atoms with van der Waals surface area (Å²) >= 11 is 0. The van der Waals surface area contributed by atoms with E-state index >= 15 is 0 Å². The normalized spacial score (nSPS) is 18.5. The van der Waals surface area contributed by atoms with Crippen molar-refractivity contribution < 1.29 is 24.5 Å². The van der Waals surface area contributed by atoms with Crippen LogP contribution in [0.15, 0.2) is 48.3 Å². The maximum Gasteiger partial charge on any atom is 0.295 e. The van der Waals surface area contributed by atoms with Gasteiger partial charge in [-0.05, 0) is 43.9 Å². The number of hydrogen-bond acceptors (Lipinski definition) is 7. The maximum atomic E-state index is 12.8. The molecule has 0 radical (unpaired) electrons. The van der Waals surface area contributed by atoms with E-state index in [0.29, 0.717) is 24.4 Å². The number of ether oxygens (including phenoxy) is 1. The number of carbonyl (C=O) groups excluding carboxylic acids is 2. The number of Topliss-reactive ketones (excluding diaryl/α,β-unsaturated/α-hetero) is 1. The molecule has 2 aromatic rings. The van der Waals surface area contributed by atoms with Crippen molar-refractivity contribution in [3.05, 3.63) is 59.4 Å². The standard InChI is InChI=1S/C21H23N3O5/c1-23(2)10-11-24-18(13-6-8-22-9-7-13)17(20(27)21(24)28)19(26)15-5-4-14(29-3)12-16(15)25/h4-9,12,18,25-26H,10-11H2,1-3H3/t18-/m0/s1. The van der Waals surface area contributed by atoms with Gasteiger partial charge in [-0.25, -0.2) is 0 Å². The summed E-state index contributed by atoms with van der Waals surface area (Å²) in [5, 5.41) is 21.2. The molecule has 0 aliphatic carbocycles. The number of nitrogens with zero attached hydrogens (tertiary/aromatic N) is 3. The SMILES string of the molecule is COc1ccc(C(O)=C2C(=O)C(=O)N(CCN(C)C)[C@H]2c2ccncc2)c(O)c1. The number of likely N-dealkylation sites (tertiary alicyclic amines) is 1. The third kappa shape index (κ3) is 3.93. The summed E-state index contributed by atoms with van der Waals surface area (Å²) in [7, 11) is 5.19. The van der Waals surface area contributed by atoms with Gasteiger partial charge in [0, 0.05) is 31.5 Å². The predicted octanol–water partition coefficient (Wildman–Crippen LogP) is 1.78. The third-order valence-electron chi connectivity index (χ3n) is 4.81. The molecular formula is C21H23N3O5. The molecule has 8 nitrogen and oxygen atoms in total. The van der Waals surface area contributed by atoms with E-state index in [1.807, 2.05) is 19.0 Å². The first-order valence-electron chi connectivity index (χ1n) is 9.05. The smallest absolute Gasteiger partial charge is 0.295 e. The molecule has 1 amide bonds. The zero-order valence-electron chi connectivity index (χ0n) is 16.5. The Balaban J connectivity index is 2.15. The largest absolute Gasteiger partial charge is 0.507 e. The zero-order chi connectivity index (χ0) is 21.1. The molecule has 1 atom stereocenters. The van der Waals surface area contributed by atoms with E-state index in [2.05, 4.69) is 4.98 Å². The number of phenolic OH excluding ortho intramolecular Hbond substituents is 1. The van der Waals surface area contributed by atoms with Crippen molar-refractivity contribution in [3.63, 3.8) is 0 Å². The summed E-state index contributed by atoms with van der Waals surface area (Å²) in [6, 6.07) is 6.94. The Morgan fingerprint density at radius 2 is 1.90 bits per heavy atom. The molecule has 2 N–H and O–H groups in total. The van der Waals surface area contributed by atoms with E-state index in [0.717, 1.165) is 0 Å². The Kier molecular flexibility index (Phi) is 5.84. The van der Waals surface area contributed by atoms with Gasteiger partial charge in [0.15, 0.2) is 0 Å². The van der Waals surface area contributed by atoms with Gasteiger partial charge in [0.2, 0.25) is 0 Å². The van der Waals surface area contributed by atoms with Crippen LogP contribution in [-0.4, -0.2) is 71.0 Å². The molecule has 0 bridgehead atoms. The summed E-state index contributed by atoms with van der Waals surface area (Å²) in [5.41, 5.74) is 0.628. The van der Waals surface area contributed by atoms with Crippen LogP contribution in [0.5, 0.6) is 11.5 Å². The molecule has 2 heterocycles. The maximum absolute atomic E-state index is 12.8. The molecule has 1 aromatic carbocycles. The fraction of sp³-hybridized carbons (Fsp3) is 0.286. The lowest BCUT2D eigenvalue weighted by Crippen LogP contribution is -2.35. The van der Waals surface area contributed by atoms with Crippen molar-refractivity contribution in [1.29, 1.82) is 0 Å². The number of aromatic hydroxyl groups is 1. The summed E-state index contributed by atoms with van der Waals surface area (Å²) in [6.45, 7) is 0.846. The second-order valence-electron chi connectivity index (χ2n) is 6.96. The van der Waals surface area contributed by atoms with Crippen LogP contribution in [-0.2, 0) is 9.59 Å². The van der Waals surface area contributed by atoms with Crippen LogP contribution in [0.3, 0.4) is 0 Å². The average molecular weight is 397 g/mol. The molecule has 152 valence electrons. The predicted molar refractivity (Wildman–Crippen MR) is 106 cm³/mol. The number of benzene rings is 1. The van der Waals surface area contributed by atoms with E-state index in [4.69, 9.17) is 4.74 Å². The highest BCUT2D eigenvalue weighted by Gasteiger charge is 2.46. The van der Waals surface area contributed by atoms with E-state index < -0.39 is 23.5 Å². The molecule has 29 heavy (non-hydrogen) atoms. The molecule has 0 unspecified atom stereocenters. The van der Waals surface area contributed by atoms with E-state index in [1.54, 1.807) is 30.6 Å². The average Bonchev–Trinajstić information content (AvgIpc) is 2.97. The quantitative estimate of drug-likeness (QED) is 0.435. The molecule has 1 fully saturated rings. The highest BCUT2D eigenvalue weighted by atomic mass is 16.5. The van der Waals surface area contributed by atoms with Crippen LogP contribution < -0.4 is 4.74 Å². The topological polar surface area (TPSA) is 103 Å². The Morgan fingerprint density at radius 3 is 2.48 bits per heavy atom. The fourth-order valence-corrected chi connectivity index (χ4v) is 3.29. The highest BCUT2D eigenvalue weighted by Crippen LogP contribution is 2.40. The molecule has 1 aliphatic heterocycles. The molecular weight excluding hydrogens is 374 g/mol. The first-order valence-corrected chi connectivity index (χ1v) is 9.05. The molecule has 8 heteroatoms. The lowest BCUT2D eigenvalue weighted by atomic mass is 9.95. The second kappa shape index (κ2) is 8.32. The van der Waals surface area contributed by atoms with Gasteiger partial charge in [0.05, 0.1) is 24.3 Å². The Bertz CT molecular complexity index is 956. The first kappa shape index (κ1) is 20.3. The van der Waals surface area contributed by atoms with Crippen molar-refractivity contribution in [2.75, 3.05) is 34.3 Å². The van der Waals surface area contributed by atoms with Crippen molar-refractivity contribution in [3.8, 4) is 11.5 Å². The number of aliphatic hydroxyl groups is 1. The number of carbonyl (C=O) groups is 2. The summed E-state index contributed by atoms with van der Waals surface area (Å²) in [6.07, 6.45) is 3.12. The Labute approximate surface area is 168 Å². The van der Waals surface area contributed by atoms with Gasteiger partial charge >= 0.3 is 0 Å². The number of likely N-dealkylation sites (N-methyl/N-ethyl adjacent to an activating group) is 1. The number of pyridine rings is 1. The lowest BCUT2D eigenvalue weighted by molar-refractivity contribution is -0.140. The van der Waals surface area contributed by atoms with Crippen molar-refractivity contribution in [2.45, 2.75) is 6.04 Å². The van der Waals surface area contributed by atoms with Gasteiger partial charge in [-0.2, -0.15) is 0 Å². The number of aliphatic hydroxyl groups excluding tert-OH is 1. The third-order valence-corrected chi connectivity index (χ3v) is 4.81. The van der Waals surface area contributed by atoms with Crippen LogP contribution in [0.1, 0.15) is 17.2 Å². The van der Waals surface area contributed by atoms with Crippen LogP contribution in [0.2, 0.25) is 0 Å². The minimum Gasteiger partial charge on any atom is -0.507 e. The molecule has 1 aromatic heterocycles. The minimum atomic E-state index is -0.793. The molecule has 0 spiro atoms. The fourth-order valence-electron chi connectivity index (χ4n) is 3.29. The Morgan fingerprint density at radius 1 is 1.21 bits per heavy atom. The number of ketones is 1. The molecule has 0 saturated carbocycles. The highest BCUT2D eigenvalue weighted by molar-refractivity contribution is 6.46. The van der Waals surface area contributed by atoms with Crippen LogP contribution in [0, 0.1) is 0 Å². The first-order chi connectivity index (χ1) is 13.8. The number of methoxy groups -OCH3 is 1. The summed E-state index contributed by atoms with van der Waals surface area (Å²) in [5.74, 6) is -1.77. The van der Waals surface area contributed by atoms with Crippen LogP contribution in [0.4, 0.5) is 0 Å². The summed E-state index contributed by atoms with van der Waals surface area (Å²) in [4.78, 5) is 32.9. The summed E-state index contributed by atoms with van der Waals surface area (Å²) < 4.78 is 5.06. The molecule has 3 rings (SSSR count). The molecule has 1 aliphatic rings. The number of phenols is 1. The second-order valence-corrected chi connectivity index (χ2v) is 6.96. The van der Waals surface area contributed by atoms with Gasteiger partial charge in [-0.1, -0.05) is 0 Å². The number of rotatable bonds is 6. The van der Waals surface area contributed by atoms with E-state index in [-0.39, 0.29) is 16.9 Å². The number of aromatic nitrogens is 1. The van der Waals surface area contributed by atoms with Crippen molar-refractivity contribution in [2.24, 2.45) is 0 Å². The number of hydrogen-bond donors (Lipinski definition) is 2. The Hall–Kier alpha value is -3.39. The van der Waals surface area contributed by atoms with Gasteiger partial charge in [-0.3, -0.25) is 14.6 Å². The van der Waals surface area contributed by atoms with Gasteiger partial charge in [0.1, 0.15) is 17.3 Å². The zero-order valence-corrected chi connectivity index (χ0v) is 16.5. The van der Waals surface area contributed by atoms with Gasteiger partial charge in [0.25, 0.3) is 11.7 Å². The minimum absolute atomic E-state index is 0.0514. The lowest BCUT2D eigenvalue weighted by Gasteiger charge is -2.26. The van der Waals surface area contributed by atoms with Gasteiger partial charge in [-0.15, -0.1) is 0 Å². The van der Waals surface area contributed by atoms with Crippen molar-refractivity contribution in [1.82, 2.24) is 14.8 Å². The molecule has 1 saturated heterocycles. The van der Waals surface area contributed by atoms with Crippen molar-refractivity contribution >= 4 is 17.4 Å². The van der Waals surface area contributed by atoms with Gasteiger partial charge < -0.3 is 24.7 Å². The monoisotopic (exact) mass is 397 g/mol. The number of amides is 1. The van der Waals surface area contributed by atoms with E-state index in [1.165, 1.54) is 24.1 Å². The van der Waals surface area contributed by atoms with Crippen LogP contribution in [0.25, 0.3) is 5.76 Å².